The second-order valence-electron chi connectivity index (χ2n) is 5.49. The monoisotopic (exact) mass is 304 g/mol. The third kappa shape index (κ3) is 3.12. The molecule has 0 aromatic carbocycles. The number of nitrogens with zero attached hydrogens (tertiary/aromatic N) is 2. The average molecular weight is 304 g/mol. The van der Waals surface area contributed by atoms with Gasteiger partial charge < -0.3 is 10.0 Å². The molecule has 20 heavy (non-hydrogen) atoms. The first kappa shape index (κ1) is 15.2. The Kier molecular flexibility index (Phi) is 4.33. The smallest absolute Gasteiger partial charge is 0.308 e. The van der Waals surface area contributed by atoms with Gasteiger partial charge in [0.15, 0.2) is 0 Å². The molecular formula is C12H20N2O5S. The lowest BCUT2D eigenvalue weighted by molar-refractivity contribution is -0.146. The molecule has 2 atom stereocenters. The van der Waals surface area contributed by atoms with Crippen molar-refractivity contribution >= 4 is 21.9 Å². The van der Waals surface area contributed by atoms with Crippen LogP contribution >= 0.6 is 0 Å². The normalized spacial score (nSPS) is 28.6. The largest absolute Gasteiger partial charge is 0.481 e. The van der Waals surface area contributed by atoms with Gasteiger partial charge >= 0.3 is 5.97 Å². The molecule has 0 spiro atoms. The molecule has 2 saturated heterocycles. The van der Waals surface area contributed by atoms with Crippen LogP contribution < -0.4 is 0 Å². The van der Waals surface area contributed by atoms with E-state index in [2.05, 4.69) is 0 Å². The van der Waals surface area contributed by atoms with E-state index in [4.69, 9.17) is 5.11 Å². The molecule has 2 fully saturated rings. The summed E-state index contributed by atoms with van der Waals surface area (Å²) in [6.45, 7) is 1.06. The van der Waals surface area contributed by atoms with Gasteiger partial charge in [0.1, 0.15) is 6.04 Å². The highest BCUT2D eigenvalue weighted by Gasteiger charge is 2.40. The number of hydrogen-bond acceptors (Lipinski definition) is 4. The first-order valence-electron chi connectivity index (χ1n) is 6.79. The van der Waals surface area contributed by atoms with Gasteiger partial charge in [0, 0.05) is 19.6 Å². The zero-order valence-electron chi connectivity index (χ0n) is 11.5. The van der Waals surface area contributed by atoms with E-state index in [1.165, 1.54) is 9.21 Å². The standard InChI is InChI=1S/C12H20N2O5S/c1-20(18,19)14-7-3-5-10(14)11(15)13-6-2-4-9(8-13)12(16)17/h9-10H,2-8H2,1H3,(H,16,17)/t9-,10+/m0/s1. The minimum absolute atomic E-state index is 0.183. The first-order chi connectivity index (χ1) is 9.30. The number of carboxylic acids is 1. The van der Waals surface area contributed by atoms with Crippen molar-refractivity contribution in [1.29, 1.82) is 0 Å². The van der Waals surface area contributed by atoms with E-state index in [1.54, 1.807) is 0 Å². The first-order valence-corrected chi connectivity index (χ1v) is 8.64. The van der Waals surface area contributed by atoms with Gasteiger partial charge in [0.2, 0.25) is 15.9 Å². The van der Waals surface area contributed by atoms with Crippen molar-refractivity contribution < 1.29 is 23.1 Å². The number of piperidine rings is 1. The van der Waals surface area contributed by atoms with Crippen LogP contribution in [0.3, 0.4) is 0 Å². The van der Waals surface area contributed by atoms with Gasteiger partial charge in [0.05, 0.1) is 12.2 Å². The van der Waals surface area contributed by atoms with Gasteiger partial charge in [-0.3, -0.25) is 9.59 Å². The van der Waals surface area contributed by atoms with Gasteiger partial charge in [0.25, 0.3) is 0 Å². The minimum atomic E-state index is -3.40. The summed E-state index contributed by atoms with van der Waals surface area (Å²) >= 11 is 0. The second kappa shape index (κ2) is 5.69. The minimum Gasteiger partial charge on any atom is -0.481 e. The van der Waals surface area contributed by atoms with Crippen molar-refractivity contribution in [3.05, 3.63) is 0 Å². The molecule has 114 valence electrons. The number of sulfonamides is 1. The van der Waals surface area contributed by atoms with Gasteiger partial charge in [-0.25, -0.2) is 8.42 Å². The summed E-state index contributed by atoms with van der Waals surface area (Å²) in [7, 11) is -3.40. The molecule has 7 nitrogen and oxygen atoms in total. The second-order valence-corrected chi connectivity index (χ2v) is 7.43. The number of likely N-dealkylation sites (tertiary alicyclic amines) is 1. The van der Waals surface area contributed by atoms with Crippen LogP contribution in [0.25, 0.3) is 0 Å². The summed E-state index contributed by atoms with van der Waals surface area (Å²) in [5.74, 6) is -1.69. The summed E-state index contributed by atoms with van der Waals surface area (Å²) < 4.78 is 24.6. The summed E-state index contributed by atoms with van der Waals surface area (Å²) in [4.78, 5) is 25.0. The Balaban J connectivity index is 2.09. The number of rotatable bonds is 3. The molecule has 2 rings (SSSR count). The molecule has 2 aliphatic rings. The van der Waals surface area contributed by atoms with Gasteiger partial charge in [-0.05, 0) is 25.7 Å². The fourth-order valence-electron chi connectivity index (χ4n) is 2.97. The molecule has 1 amide bonds. The number of carboxylic acid groups (broad SMARTS) is 1. The van der Waals surface area contributed by atoms with Crippen LogP contribution in [0.5, 0.6) is 0 Å². The molecule has 0 saturated carbocycles. The maximum absolute atomic E-state index is 12.5. The molecule has 8 heteroatoms. The van der Waals surface area contributed by atoms with Crippen LogP contribution in [0.15, 0.2) is 0 Å². The topological polar surface area (TPSA) is 95.0 Å². The molecule has 1 N–H and O–H groups in total. The third-order valence-corrected chi connectivity index (χ3v) is 5.29. The third-order valence-electron chi connectivity index (χ3n) is 4.00. The zero-order chi connectivity index (χ0) is 14.9. The van der Waals surface area contributed by atoms with Crippen molar-refractivity contribution in [2.24, 2.45) is 5.92 Å². The molecule has 0 aromatic heterocycles. The van der Waals surface area contributed by atoms with Gasteiger partial charge in [-0.1, -0.05) is 0 Å². The van der Waals surface area contributed by atoms with E-state index in [0.717, 1.165) is 6.26 Å². The lowest BCUT2D eigenvalue weighted by Gasteiger charge is -2.34. The van der Waals surface area contributed by atoms with E-state index in [1.807, 2.05) is 0 Å². The molecule has 0 bridgehead atoms. The Bertz CT molecular complexity index is 504. The van der Waals surface area contributed by atoms with E-state index in [-0.39, 0.29) is 12.5 Å². The molecule has 0 unspecified atom stereocenters. The van der Waals surface area contributed by atoms with E-state index in [9.17, 15) is 18.0 Å². The van der Waals surface area contributed by atoms with Crippen LogP contribution in [0.4, 0.5) is 0 Å². The highest BCUT2D eigenvalue weighted by molar-refractivity contribution is 7.88. The van der Waals surface area contributed by atoms with Crippen LogP contribution in [0.2, 0.25) is 0 Å². The molecular weight excluding hydrogens is 284 g/mol. The van der Waals surface area contributed by atoms with Gasteiger partial charge in [-0.15, -0.1) is 0 Å². The predicted octanol–water partition coefficient (Wildman–Crippen LogP) is -0.266. The Morgan fingerprint density at radius 2 is 1.80 bits per heavy atom. The molecule has 2 aliphatic heterocycles. The highest BCUT2D eigenvalue weighted by Crippen LogP contribution is 2.25. The quantitative estimate of drug-likeness (QED) is 0.774. The van der Waals surface area contributed by atoms with Crippen molar-refractivity contribution in [3.63, 3.8) is 0 Å². The number of carbonyl (C=O) groups is 2. The number of carbonyl (C=O) groups excluding carboxylic acids is 1. The van der Waals surface area contributed by atoms with Crippen molar-refractivity contribution in [2.75, 3.05) is 25.9 Å². The Morgan fingerprint density at radius 3 is 2.40 bits per heavy atom. The molecule has 2 heterocycles. The van der Waals surface area contributed by atoms with Crippen LogP contribution in [-0.2, 0) is 19.6 Å². The number of amides is 1. The van der Waals surface area contributed by atoms with E-state index in [0.29, 0.717) is 38.8 Å². The zero-order valence-corrected chi connectivity index (χ0v) is 12.3. The lowest BCUT2D eigenvalue weighted by atomic mass is 9.97. The van der Waals surface area contributed by atoms with Crippen LogP contribution in [-0.4, -0.2) is 66.5 Å². The highest BCUT2D eigenvalue weighted by atomic mass is 32.2. The summed E-state index contributed by atoms with van der Waals surface area (Å²) in [6.07, 6.45) is 3.50. The maximum Gasteiger partial charge on any atom is 0.308 e. The predicted molar refractivity (Wildman–Crippen MR) is 71.5 cm³/mol. The van der Waals surface area contributed by atoms with E-state index < -0.39 is 28.0 Å². The van der Waals surface area contributed by atoms with Crippen molar-refractivity contribution in [1.82, 2.24) is 9.21 Å². The molecule has 0 aromatic rings. The lowest BCUT2D eigenvalue weighted by Crippen LogP contribution is -2.51. The summed E-state index contributed by atoms with van der Waals surface area (Å²) in [5, 5.41) is 9.04. The Hall–Kier alpha value is -1.15. The fraction of sp³-hybridized carbons (Fsp3) is 0.833. The average Bonchev–Trinajstić information content (AvgIpc) is 2.87. The molecule has 0 radical (unpaired) electrons. The van der Waals surface area contributed by atoms with Gasteiger partial charge in [-0.2, -0.15) is 4.31 Å². The Labute approximate surface area is 118 Å². The summed E-state index contributed by atoms with van der Waals surface area (Å²) in [5.41, 5.74) is 0. The maximum atomic E-state index is 12.5. The van der Waals surface area contributed by atoms with Crippen LogP contribution in [0.1, 0.15) is 25.7 Å². The fourth-order valence-corrected chi connectivity index (χ4v) is 4.09. The van der Waals surface area contributed by atoms with Crippen molar-refractivity contribution in [3.8, 4) is 0 Å². The number of hydrogen-bond donors (Lipinski definition) is 1. The summed E-state index contributed by atoms with van der Waals surface area (Å²) in [6, 6.07) is -0.655. The van der Waals surface area contributed by atoms with E-state index >= 15 is 0 Å². The van der Waals surface area contributed by atoms with Crippen molar-refractivity contribution in [2.45, 2.75) is 31.7 Å². The molecule has 0 aliphatic carbocycles. The Morgan fingerprint density at radius 1 is 1.15 bits per heavy atom. The number of aliphatic carboxylic acids is 1. The van der Waals surface area contributed by atoms with Crippen LogP contribution in [0, 0.1) is 5.92 Å². The SMILES string of the molecule is CS(=O)(=O)N1CCC[C@@H]1C(=O)N1CCC[C@H](C(=O)O)C1.